The van der Waals surface area contributed by atoms with Crippen molar-refractivity contribution in [1.29, 1.82) is 0 Å². The molecular weight excluding hydrogens is 464 g/mol. The van der Waals surface area contributed by atoms with Crippen molar-refractivity contribution in [2.75, 3.05) is 6.61 Å². The van der Waals surface area contributed by atoms with E-state index in [9.17, 15) is 22.0 Å². The SMILES string of the molecule is O=C(OCC(F)(F)S(=O)(=O)O)C12CC3CC(C1)CC(C1CCCC(NC4CCCCC4)C1)(C3)C2. The molecule has 4 atom stereocenters. The molecule has 6 fully saturated rings. The first-order chi connectivity index (χ1) is 16.0. The largest absolute Gasteiger partial charge is 0.458 e. The van der Waals surface area contributed by atoms with E-state index in [2.05, 4.69) is 5.32 Å². The highest BCUT2D eigenvalue weighted by molar-refractivity contribution is 7.86. The van der Waals surface area contributed by atoms with Gasteiger partial charge in [0.05, 0.1) is 5.41 Å². The van der Waals surface area contributed by atoms with Gasteiger partial charge in [0.1, 0.15) is 0 Å². The molecule has 6 nitrogen and oxygen atoms in total. The number of ether oxygens (including phenoxy) is 1. The van der Waals surface area contributed by atoms with Gasteiger partial charge in [-0.1, -0.05) is 25.7 Å². The van der Waals surface area contributed by atoms with Crippen molar-refractivity contribution < 1.29 is 31.3 Å². The Morgan fingerprint density at radius 3 is 2.24 bits per heavy atom. The highest BCUT2D eigenvalue weighted by Gasteiger charge is 2.63. The third-order valence-electron chi connectivity index (χ3n) is 9.90. The Labute approximate surface area is 201 Å². The maximum atomic E-state index is 13.7. The molecule has 0 aromatic heterocycles. The fraction of sp³-hybridized carbons (Fsp3) is 0.960. The van der Waals surface area contributed by atoms with Gasteiger partial charge in [0, 0.05) is 12.1 Å². The van der Waals surface area contributed by atoms with Crippen molar-refractivity contribution in [1.82, 2.24) is 5.32 Å². The standard InChI is InChI=1S/C25H39F2NO5S/c26-25(27,34(30,31)32)16-33-22(29)24-13-17-9-18(14-24)12-23(11-17,15-24)19-5-4-8-21(10-19)28-20-6-2-1-3-7-20/h17-21,28H,1-16H2,(H,30,31,32). The first kappa shape index (κ1) is 24.9. The quantitative estimate of drug-likeness (QED) is 0.372. The number of nitrogens with one attached hydrogen (secondary N) is 1. The molecule has 194 valence electrons. The van der Waals surface area contributed by atoms with E-state index in [-0.39, 0.29) is 5.41 Å². The topological polar surface area (TPSA) is 92.7 Å². The van der Waals surface area contributed by atoms with Crippen LogP contribution in [0.2, 0.25) is 0 Å². The fourth-order valence-corrected chi connectivity index (χ4v) is 9.13. The van der Waals surface area contributed by atoms with E-state index in [1.807, 2.05) is 0 Å². The number of esters is 1. The fourth-order valence-electron chi connectivity index (χ4n) is 8.93. The average Bonchev–Trinajstić information content (AvgIpc) is 2.77. The van der Waals surface area contributed by atoms with Crippen LogP contribution in [0.1, 0.15) is 96.3 Å². The minimum absolute atomic E-state index is 0.0571. The zero-order valence-electron chi connectivity index (χ0n) is 19.9. The summed E-state index contributed by atoms with van der Waals surface area (Å²) in [4.78, 5) is 13.2. The molecule has 9 heteroatoms. The van der Waals surface area contributed by atoms with Gasteiger partial charge in [-0.05, 0) is 93.8 Å². The predicted octanol–water partition coefficient (Wildman–Crippen LogP) is 5.08. The molecule has 0 amide bonds. The summed E-state index contributed by atoms with van der Waals surface area (Å²) in [5, 5.41) is -0.534. The van der Waals surface area contributed by atoms with Crippen molar-refractivity contribution in [2.45, 2.75) is 114 Å². The Kier molecular flexibility index (Phi) is 6.54. The van der Waals surface area contributed by atoms with Crippen LogP contribution >= 0.6 is 0 Å². The third kappa shape index (κ3) is 4.65. The van der Waals surface area contributed by atoms with Crippen molar-refractivity contribution in [3.05, 3.63) is 0 Å². The van der Waals surface area contributed by atoms with Gasteiger partial charge in [0.15, 0.2) is 6.61 Å². The molecular formula is C25H39F2NO5S. The van der Waals surface area contributed by atoms with Gasteiger partial charge in [-0.2, -0.15) is 17.2 Å². The number of rotatable bonds is 7. The summed E-state index contributed by atoms with van der Waals surface area (Å²) < 4.78 is 63.1. The molecule has 34 heavy (non-hydrogen) atoms. The van der Waals surface area contributed by atoms with Crippen LogP contribution in [0.25, 0.3) is 0 Å². The molecule has 4 unspecified atom stereocenters. The summed E-state index contributed by atoms with van der Waals surface area (Å²) in [5.74, 6) is 0.645. The Bertz CT molecular complexity index is 874. The third-order valence-corrected chi connectivity index (χ3v) is 10.8. The van der Waals surface area contributed by atoms with Crippen molar-refractivity contribution >= 4 is 16.1 Å². The van der Waals surface area contributed by atoms with Crippen molar-refractivity contribution in [3.8, 4) is 0 Å². The second-order valence-electron chi connectivity index (χ2n) is 12.4. The lowest BCUT2D eigenvalue weighted by Gasteiger charge is -2.64. The zero-order valence-corrected chi connectivity index (χ0v) is 20.8. The molecule has 6 aliphatic rings. The Morgan fingerprint density at radius 1 is 0.941 bits per heavy atom. The maximum Gasteiger partial charge on any atom is 0.402 e. The number of hydrogen-bond donors (Lipinski definition) is 2. The molecule has 6 saturated carbocycles. The number of halogens is 2. The minimum Gasteiger partial charge on any atom is -0.458 e. The van der Waals surface area contributed by atoms with Gasteiger partial charge >= 0.3 is 21.3 Å². The summed E-state index contributed by atoms with van der Waals surface area (Å²) in [7, 11) is -5.62. The van der Waals surface area contributed by atoms with Gasteiger partial charge in [-0.15, -0.1) is 0 Å². The van der Waals surface area contributed by atoms with Crippen molar-refractivity contribution in [3.63, 3.8) is 0 Å². The summed E-state index contributed by atoms with van der Waals surface area (Å²) in [6.07, 6.45) is 16.4. The number of hydrogen-bond acceptors (Lipinski definition) is 5. The molecule has 0 heterocycles. The Balaban J connectivity index is 1.29. The number of carbonyl (C=O) groups excluding carboxylic acids is 1. The lowest BCUT2D eigenvalue weighted by Crippen LogP contribution is -2.59. The van der Waals surface area contributed by atoms with Gasteiger partial charge < -0.3 is 10.1 Å². The molecule has 2 N–H and O–H groups in total. The molecule has 0 aliphatic heterocycles. The average molecular weight is 504 g/mol. The van der Waals surface area contributed by atoms with Gasteiger partial charge in [0.25, 0.3) is 0 Å². The second-order valence-corrected chi connectivity index (χ2v) is 13.9. The monoisotopic (exact) mass is 503 g/mol. The first-order valence-corrected chi connectivity index (χ1v) is 14.7. The highest BCUT2D eigenvalue weighted by Crippen LogP contribution is 2.69. The molecule has 0 aromatic carbocycles. The molecule has 0 radical (unpaired) electrons. The lowest BCUT2D eigenvalue weighted by atomic mass is 9.40. The Morgan fingerprint density at radius 2 is 1.59 bits per heavy atom. The van der Waals surface area contributed by atoms with E-state index in [0.717, 1.165) is 32.1 Å². The maximum absolute atomic E-state index is 13.7. The van der Waals surface area contributed by atoms with Crippen LogP contribution in [0.3, 0.4) is 0 Å². The van der Waals surface area contributed by atoms with Crippen LogP contribution in [0, 0.1) is 28.6 Å². The van der Waals surface area contributed by atoms with E-state index in [1.54, 1.807) is 0 Å². The van der Waals surface area contributed by atoms with Gasteiger partial charge in [-0.3, -0.25) is 9.35 Å². The van der Waals surface area contributed by atoms with Crippen LogP contribution in [-0.4, -0.2) is 42.9 Å². The first-order valence-electron chi connectivity index (χ1n) is 13.3. The molecule has 4 bridgehead atoms. The van der Waals surface area contributed by atoms with Crippen LogP contribution in [0.15, 0.2) is 0 Å². The second kappa shape index (κ2) is 8.94. The normalized spacial score (nSPS) is 40.9. The van der Waals surface area contributed by atoms with Crippen LogP contribution in [0.5, 0.6) is 0 Å². The van der Waals surface area contributed by atoms with Gasteiger partial charge in [0.2, 0.25) is 0 Å². The zero-order chi connectivity index (χ0) is 24.2. The minimum atomic E-state index is -5.62. The number of carbonyl (C=O) groups is 1. The van der Waals surface area contributed by atoms with E-state index in [1.165, 1.54) is 44.9 Å². The van der Waals surface area contributed by atoms with Crippen LogP contribution in [-0.2, 0) is 19.6 Å². The summed E-state index contributed by atoms with van der Waals surface area (Å²) in [5.41, 5.74) is -0.731. The van der Waals surface area contributed by atoms with E-state index < -0.39 is 33.4 Å². The van der Waals surface area contributed by atoms with E-state index >= 15 is 0 Å². The number of alkyl halides is 2. The smallest absolute Gasteiger partial charge is 0.402 e. The van der Waals surface area contributed by atoms with Crippen LogP contribution < -0.4 is 5.32 Å². The lowest BCUT2D eigenvalue weighted by molar-refractivity contribution is -0.193. The van der Waals surface area contributed by atoms with E-state index in [4.69, 9.17) is 9.29 Å². The summed E-state index contributed by atoms with van der Waals surface area (Å²) >= 11 is 0. The molecule has 0 spiro atoms. The van der Waals surface area contributed by atoms with Gasteiger partial charge in [-0.25, -0.2) is 0 Å². The van der Waals surface area contributed by atoms with E-state index in [0.29, 0.717) is 49.1 Å². The Hall–Kier alpha value is -0.800. The van der Waals surface area contributed by atoms with Crippen LogP contribution in [0.4, 0.5) is 8.78 Å². The van der Waals surface area contributed by atoms with Crippen molar-refractivity contribution in [2.24, 2.45) is 28.6 Å². The molecule has 0 aromatic rings. The molecule has 0 saturated heterocycles. The summed E-state index contributed by atoms with van der Waals surface area (Å²) in [6.45, 7) is -1.62. The molecule has 6 aliphatic carbocycles. The molecule has 6 rings (SSSR count). The predicted molar refractivity (Wildman–Crippen MR) is 123 cm³/mol. The summed E-state index contributed by atoms with van der Waals surface area (Å²) in [6, 6.07) is 1.14. The highest BCUT2D eigenvalue weighted by atomic mass is 32.2.